The number of rotatable bonds is 3. The van der Waals surface area contributed by atoms with E-state index in [9.17, 15) is 4.79 Å². The lowest BCUT2D eigenvalue weighted by Crippen LogP contribution is -2.52. The molecule has 3 rings (SSSR count). The van der Waals surface area contributed by atoms with Crippen molar-refractivity contribution in [1.29, 1.82) is 0 Å². The van der Waals surface area contributed by atoms with Gasteiger partial charge in [-0.05, 0) is 6.42 Å². The van der Waals surface area contributed by atoms with Crippen molar-refractivity contribution in [2.24, 2.45) is 5.73 Å². The predicted octanol–water partition coefficient (Wildman–Crippen LogP) is -0.916. The Bertz CT molecular complexity index is 448. The Balaban J connectivity index is 1.72. The van der Waals surface area contributed by atoms with Gasteiger partial charge in [-0.15, -0.1) is 0 Å². The van der Waals surface area contributed by atoms with Crippen LogP contribution in [0, 0.1) is 0 Å². The van der Waals surface area contributed by atoms with Gasteiger partial charge in [-0.3, -0.25) is 4.79 Å². The molecule has 2 fully saturated rings. The highest BCUT2D eigenvalue weighted by molar-refractivity contribution is 5.97. The molecule has 18 heavy (non-hydrogen) atoms. The third-order valence-electron chi connectivity index (χ3n) is 3.52. The summed E-state index contributed by atoms with van der Waals surface area (Å²) >= 11 is 0. The van der Waals surface area contributed by atoms with Gasteiger partial charge in [0.2, 0.25) is 5.91 Å². The van der Waals surface area contributed by atoms with Crippen molar-refractivity contribution in [3.8, 4) is 0 Å². The quantitative estimate of drug-likeness (QED) is 0.646. The van der Waals surface area contributed by atoms with Crippen molar-refractivity contribution in [3.05, 3.63) is 12.3 Å². The van der Waals surface area contributed by atoms with Gasteiger partial charge in [0.15, 0.2) is 0 Å². The van der Waals surface area contributed by atoms with E-state index in [1.807, 2.05) is 4.68 Å². The molecule has 0 bridgehead atoms. The molecule has 7 heteroatoms. The van der Waals surface area contributed by atoms with E-state index >= 15 is 0 Å². The zero-order chi connectivity index (χ0) is 12.6. The Morgan fingerprint density at radius 3 is 3.11 bits per heavy atom. The lowest BCUT2D eigenvalue weighted by Gasteiger charge is -2.29. The van der Waals surface area contributed by atoms with E-state index in [4.69, 9.17) is 10.5 Å². The summed E-state index contributed by atoms with van der Waals surface area (Å²) in [6, 6.07) is 2.10. The molecule has 0 aromatic carbocycles. The highest BCUT2D eigenvalue weighted by Crippen LogP contribution is 2.21. The molecular weight excluding hydrogens is 234 g/mol. The highest BCUT2D eigenvalue weighted by atomic mass is 16.5. The van der Waals surface area contributed by atoms with Crippen LogP contribution in [0.5, 0.6) is 0 Å². The molecule has 4 N–H and O–H groups in total. The first kappa shape index (κ1) is 11.6. The van der Waals surface area contributed by atoms with E-state index in [-0.39, 0.29) is 12.5 Å². The molecule has 0 aliphatic carbocycles. The fraction of sp³-hybridized carbons (Fsp3) is 0.636. The molecule has 98 valence electrons. The number of nitrogens with zero attached hydrogens (tertiary/aromatic N) is 2. The van der Waals surface area contributed by atoms with Crippen LogP contribution in [-0.4, -0.2) is 47.5 Å². The minimum Gasteiger partial charge on any atom is -0.379 e. The summed E-state index contributed by atoms with van der Waals surface area (Å²) in [6.07, 6.45) is 2.24. The Labute approximate surface area is 105 Å². The fourth-order valence-electron chi connectivity index (χ4n) is 2.15. The van der Waals surface area contributed by atoms with Crippen LogP contribution >= 0.6 is 0 Å². The molecule has 3 heterocycles. The first-order valence-corrected chi connectivity index (χ1v) is 6.11. The molecule has 1 amide bonds. The van der Waals surface area contributed by atoms with Gasteiger partial charge in [0, 0.05) is 25.8 Å². The van der Waals surface area contributed by atoms with Crippen LogP contribution in [-0.2, 0) is 9.53 Å². The smallest absolute Gasteiger partial charge is 0.248 e. The van der Waals surface area contributed by atoms with E-state index in [2.05, 4.69) is 15.7 Å². The molecule has 0 saturated carbocycles. The Kier molecular flexibility index (Phi) is 2.81. The number of nitrogens with one attached hydrogen (secondary N) is 2. The zero-order valence-corrected chi connectivity index (χ0v) is 10.1. The highest BCUT2D eigenvalue weighted by Gasteiger charge is 2.38. The van der Waals surface area contributed by atoms with Gasteiger partial charge in [-0.25, -0.2) is 4.68 Å². The first-order chi connectivity index (χ1) is 8.69. The molecule has 2 saturated heterocycles. The number of nitrogens with two attached hydrogens (primary N) is 1. The van der Waals surface area contributed by atoms with E-state index in [1.54, 1.807) is 12.3 Å². The van der Waals surface area contributed by atoms with Gasteiger partial charge >= 0.3 is 0 Å². The molecule has 7 nitrogen and oxygen atoms in total. The average molecular weight is 251 g/mol. The van der Waals surface area contributed by atoms with Crippen LogP contribution in [0.3, 0.4) is 0 Å². The summed E-state index contributed by atoms with van der Waals surface area (Å²) in [5.74, 6) is 0.497. The maximum Gasteiger partial charge on any atom is 0.248 e. The van der Waals surface area contributed by atoms with Gasteiger partial charge in [-0.1, -0.05) is 0 Å². The van der Waals surface area contributed by atoms with Gasteiger partial charge in [0.05, 0.1) is 18.8 Å². The monoisotopic (exact) mass is 251 g/mol. The molecule has 0 spiro atoms. The standard InChI is InChI=1S/C11H17N5O2/c12-11(2-4-18-7-11)10(17)15-9-1-3-14-16(9)8-5-13-6-8/h1,3,8,13H,2,4-7,12H2,(H,15,17). The number of ether oxygens (including phenoxy) is 1. The second-order valence-corrected chi connectivity index (χ2v) is 4.89. The summed E-state index contributed by atoms with van der Waals surface area (Å²) in [5, 5.41) is 10.3. The van der Waals surface area contributed by atoms with Crippen LogP contribution < -0.4 is 16.4 Å². The number of carbonyl (C=O) groups excluding carboxylic acids is 1. The molecule has 1 atom stereocenters. The zero-order valence-electron chi connectivity index (χ0n) is 10.1. The third-order valence-corrected chi connectivity index (χ3v) is 3.52. The average Bonchev–Trinajstić information content (AvgIpc) is 2.87. The predicted molar refractivity (Wildman–Crippen MR) is 65.1 cm³/mol. The number of hydrogen-bond donors (Lipinski definition) is 3. The molecule has 1 aromatic rings. The van der Waals surface area contributed by atoms with Crippen molar-refractivity contribution < 1.29 is 9.53 Å². The van der Waals surface area contributed by atoms with Gasteiger partial charge in [0.25, 0.3) is 0 Å². The lowest BCUT2D eigenvalue weighted by molar-refractivity contribution is -0.121. The van der Waals surface area contributed by atoms with Gasteiger partial charge in [0.1, 0.15) is 11.4 Å². The first-order valence-electron chi connectivity index (χ1n) is 6.11. The van der Waals surface area contributed by atoms with E-state index in [1.165, 1.54) is 0 Å². The fourth-order valence-corrected chi connectivity index (χ4v) is 2.15. The molecule has 1 unspecified atom stereocenters. The molecule has 2 aliphatic heterocycles. The Hall–Kier alpha value is -1.44. The molecule has 2 aliphatic rings. The minimum absolute atomic E-state index is 0.200. The van der Waals surface area contributed by atoms with Crippen LogP contribution in [0.1, 0.15) is 12.5 Å². The molecule has 1 aromatic heterocycles. The number of anilines is 1. The molecular formula is C11H17N5O2. The lowest BCUT2D eigenvalue weighted by atomic mass is 9.99. The van der Waals surface area contributed by atoms with Crippen LogP contribution in [0.4, 0.5) is 5.82 Å². The van der Waals surface area contributed by atoms with Crippen molar-refractivity contribution >= 4 is 11.7 Å². The minimum atomic E-state index is -0.910. The maximum absolute atomic E-state index is 12.1. The summed E-state index contributed by atoms with van der Waals surface area (Å²) in [5.41, 5.74) is 5.10. The van der Waals surface area contributed by atoms with E-state index in [0.717, 1.165) is 13.1 Å². The third kappa shape index (κ3) is 1.90. The largest absolute Gasteiger partial charge is 0.379 e. The Morgan fingerprint density at radius 1 is 1.67 bits per heavy atom. The normalized spacial score (nSPS) is 28.1. The maximum atomic E-state index is 12.1. The van der Waals surface area contributed by atoms with E-state index < -0.39 is 5.54 Å². The SMILES string of the molecule is NC1(C(=O)Nc2ccnn2C2CNC2)CCOC1. The summed E-state index contributed by atoms with van der Waals surface area (Å²) in [7, 11) is 0. The van der Waals surface area contributed by atoms with E-state index in [0.29, 0.717) is 24.9 Å². The van der Waals surface area contributed by atoms with Crippen molar-refractivity contribution in [2.45, 2.75) is 18.0 Å². The van der Waals surface area contributed by atoms with Crippen molar-refractivity contribution in [3.63, 3.8) is 0 Å². The second kappa shape index (κ2) is 4.34. The number of hydrogen-bond acceptors (Lipinski definition) is 5. The molecule has 0 radical (unpaired) electrons. The van der Waals surface area contributed by atoms with Crippen LogP contribution in [0.2, 0.25) is 0 Å². The van der Waals surface area contributed by atoms with Gasteiger partial charge in [-0.2, -0.15) is 5.10 Å². The second-order valence-electron chi connectivity index (χ2n) is 4.89. The number of amides is 1. The van der Waals surface area contributed by atoms with Crippen molar-refractivity contribution in [1.82, 2.24) is 15.1 Å². The number of aromatic nitrogens is 2. The summed E-state index contributed by atoms with van der Waals surface area (Å²) < 4.78 is 7.02. The van der Waals surface area contributed by atoms with Crippen LogP contribution in [0.15, 0.2) is 12.3 Å². The Morgan fingerprint density at radius 2 is 2.50 bits per heavy atom. The number of carbonyl (C=O) groups is 1. The summed E-state index contributed by atoms with van der Waals surface area (Å²) in [4.78, 5) is 12.1. The topological polar surface area (TPSA) is 94.2 Å². The van der Waals surface area contributed by atoms with Crippen LogP contribution in [0.25, 0.3) is 0 Å². The van der Waals surface area contributed by atoms with Gasteiger partial charge < -0.3 is 21.1 Å². The summed E-state index contributed by atoms with van der Waals surface area (Å²) in [6.45, 7) is 2.57. The van der Waals surface area contributed by atoms with Crippen molar-refractivity contribution in [2.75, 3.05) is 31.6 Å².